The first-order valence-electron chi connectivity index (χ1n) is 6.97. The highest BCUT2D eigenvalue weighted by Crippen LogP contribution is 2.16. The molecule has 1 aromatic carbocycles. The Labute approximate surface area is 125 Å². The van der Waals surface area contributed by atoms with Crippen LogP contribution in [0.2, 0.25) is 0 Å². The molecule has 0 aliphatic heterocycles. The van der Waals surface area contributed by atoms with Crippen LogP contribution in [-0.4, -0.2) is 23.7 Å². The van der Waals surface area contributed by atoms with E-state index >= 15 is 0 Å². The van der Waals surface area contributed by atoms with E-state index in [-0.39, 0.29) is 11.7 Å². The van der Waals surface area contributed by atoms with Crippen LogP contribution >= 0.6 is 0 Å². The molecule has 21 heavy (non-hydrogen) atoms. The van der Waals surface area contributed by atoms with E-state index in [0.717, 1.165) is 11.4 Å². The van der Waals surface area contributed by atoms with E-state index < -0.39 is 9.84 Å². The molecule has 1 heterocycles. The minimum atomic E-state index is -3.32. The van der Waals surface area contributed by atoms with Crippen LogP contribution in [0.4, 0.5) is 0 Å². The van der Waals surface area contributed by atoms with Gasteiger partial charge in [0.2, 0.25) is 0 Å². The van der Waals surface area contributed by atoms with Crippen LogP contribution in [0.15, 0.2) is 41.6 Å². The molecule has 0 atom stereocenters. The van der Waals surface area contributed by atoms with Gasteiger partial charge in [0.25, 0.3) is 0 Å². The van der Waals surface area contributed by atoms with Crippen molar-refractivity contribution in [2.45, 2.75) is 37.8 Å². The summed E-state index contributed by atoms with van der Waals surface area (Å²) in [5.41, 5.74) is 6.38. The van der Waals surface area contributed by atoms with Gasteiger partial charge in [0.1, 0.15) is 5.82 Å². The first kappa shape index (κ1) is 15.7. The van der Waals surface area contributed by atoms with Gasteiger partial charge in [-0.2, -0.15) is 0 Å². The highest BCUT2D eigenvalue weighted by atomic mass is 32.2. The molecule has 1 aromatic heterocycles. The first-order valence-corrected chi connectivity index (χ1v) is 8.62. The van der Waals surface area contributed by atoms with E-state index in [1.807, 2.05) is 30.7 Å². The number of rotatable bonds is 6. The van der Waals surface area contributed by atoms with Gasteiger partial charge in [0.05, 0.1) is 10.6 Å². The van der Waals surface area contributed by atoms with Crippen molar-refractivity contribution in [1.29, 1.82) is 0 Å². The van der Waals surface area contributed by atoms with Crippen LogP contribution in [0.1, 0.15) is 31.2 Å². The monoisotopic (exact) mass is 307 g/mol. The van der Waals surface area contributed by atoms with E-state index in [1.54, 1.807) is 24.4 Å². The van der Waals surface area contributed by atoms with Gasteiger partial charge in [-0.1, -0.05) is 26.0 Å². The van der Waals surface area contributed by atoms with E-state index in [0.29, 0.717) is 18.0 Å². The molecule has 0 saturated carbocycles. The van der Waals surface area contributed by atoms with Crippen molar-refractivity contribution in [2.24, 2.45) is 5.73 Å². The van der Waals surface area contributed by atoms with Gasteiger partial charge in [-0.3, -0.25) is 0 Å². The summed E-state index contributed by atoms with van der Waals surface area (Å²) in [6.45, 7) is 4.82. The molecule has 0 fully saturated rings. The molecule has 0 aliphatic rings. The SMILES string of the molecule is CC(C)c1nccn1CCS(=O)(=O)c1cccc(CN)c1. The number of hydrogen-bond donors (Lipinski definition) is 1. The zero-order valence-corrected chi connectivity index (χ0v) is 13.2. The van der Waals surface area contributed by atoms with Crippen LogP contribution in [0.3, 0.4) is 0 Å². The molecule has 2 N–H and O–H groups in total. The minimum absolute atomic E-state index is 0.0527. The van der Waals surface area contributed by atoms with Crippen molar-refractivity contribution in [3.63, 3.8) is 0 Å². The first-order chi connectivity index (χ1) is 9.94. The van der Waals surface area contributed by atoms with Gasteiger partial charge < -0.3 is 10.3 Å². The number of imidazole rings is 1. The molecule has 2 aromatic rings. The van der Waals surface area contributed by atoms with Crippen LogP contribution < -0.4 is 5.73 Å². The van der Waals surface area contributed by atoms with Gasteiger partial charge >= 0.3 is 0 Å². The van der Waals surface area contributed by atoms with Crippen molar-refractivity contribution in [3.8, 4) is 0 Å². The van der Waals surface area contributed by atoms with Crippen molar-refractivity contribution in [3.05, 3.63) is 48.0 Å². The molecule has 114 valence electrons. The molecule has 0 amide bonds. The Balaban J connectivity index is 2.16. The molecular weight excluding hydrogens is 286 g/mol. The Hall–Kier alpha value is -1.66. The average molecular weight is 307 g/mol. The van der Waals surface area contributed by atoms with E-state index in [4.69, 9.17) is 5.73 Å². The van der Waals surface area contributed by atoms with E-state index in [1.165, 1.54) is 0 Å². The number of hydrogen-bond acceptors (Lipinski definition) is 4. The van der Waals surface area contributed by atoms with Gasteiger partial charge in [-0.15, -0.1) is 0 Å². The van der Waals surface area contributed by atoms with Gasteiger partial charge in [-0.05, 0) is 17.7 Å². The molecule has 0 saturated heterocycles. The summed E-state index contributed by atoms with van der Waals surface area (Å²) >= 11 is 0. The molecule has 2 rings (SSSR count). The summed E-state index contributed by atoms with van der Waals surface area (Å²) in [4.78, 5) is 4.60. The number of nitrogens with two attached hydrogens (primary N) is 1. The molecule has 0 aliphatic carbocycles. The number of benzene rings is 1. The predicted molar refractivity (Wildman–Crippen MR) is 82.7 cm³/mol. The Morgan fingerprint density at radius 2 is 2.10 bits per heavy atom. The topological polar surface area (TPSA) is 78.0 Å². The Morgan fingerprint density at radius 1 is 1.33 bits per heavy atom. The van der Waals surface area contributed by atoms with Crippen LogP contribution in [0, 0.1) is 0 Å². The number of sulfone groups is 1. The summed E-state index contributed by atoms with van der Waals surface area (Å²) < 4.78 is 26.7. The highest BCUT2D eigenvalue weighted by Gasteiger charge is 2.16. The number of nitrogens with zero attached hydrogens (tertiary/aromatic N) is 2. The molecule has 0 unspecified atom stereocenters. The maximum absolute atomic E-state index is 12.4. The van der Waals surface area contributed by atoms with Gasteiger partial charge in [0, 0.05) is 31.4 Å². The smallest absolute Gasteiger partial charge is 0.180 e. The fourth-order valence-electron chi connectivity index (χ4n) is 2.21. The lowest BCUT2D eigenvalue weighted by Crippen LogP contribution is -2.15. The van der Waals surface area contributed by atoms with Crippen molar-refractivity contribution >= 4 is 9.84 Å². The molecule has 0 radical (unpaired) electrons. The second-order valence-corrected chi connectivity index (χ2v) is 7.41. The number of aryl methyl sites for hydroxylation is 1. The molecular formula is C15H21N3O2S. The lowest BCUT2D eigenvalue weighted by atomic mass is 10.2. The molecule has 5 nitrogen and oxygen atoms in total. The fourth-order valence-corrected chi connectivity index (χ4v) is 3.50. The highest BCUT2D eigenvalue weighted by molar-refractivity contribution is 7.91. The fraction of sp³-hybridized carbons (Fsp3) is 0.400. The molecule has 0 spiro atoms. The molecule has 0 bridgehead atoms. The zero-order valence-electron chi connectivity index (χ0n) is 12.4. The maximum Gasteiger partial charge on any atom is 0.180 e. The van der Waals surface area contributed by atoms with Crippen LogP contribution in [-0.2, 0) is 22.9 Å². The average Bonchev–Trinajstić information content (AvgIpc) is 2.94. The Bertz CT molecular complexity index is 705. The van der Waals surface area contributed by atoms with Crippen molar-refractivity contribution in [2.75, 3.05) is 5.75 Å². The third kappa shape index (κ3) is 3.71. The second kappa shape index (κ2) is 6.41. The summed E-state index contributed by atoms with van der Waals surface area (Å²) in [6, 6.07) is 6.82. The minimum Gasteiger partial charge on any atom is -0.334 e. The maximum atomic E-state index is 12.4. The summed E-state index contributed by atoms with van der Waals surface area (Å²) in [5, 5.41) is 0. The third-order valence-corrected chi connectivity index (χ3v) is 5.05. The Kier molecular flexibility index (Phi) is 4.80. The quantitative estimate of drug-likeness (QED) is 0.884. The third-order valence-electron chi connectivity index (χ3n) is 3.36. The summed E-state index contributed by atoms with van der Waals surface area (Å²) in [7, 11) is -3.32. The normalized spacial score (nSPS) is 12.0. The van der Waals surface area contributed by atoms with Crippen molar-refractivity contribution in [1.82, 2.24) is 9.55 Å². The van der Waals surface area contributed by atoms with E-state index in [2.05, 4.69) is 4.98 Å². The lowest BCUT2D eigenvalue weighted by molar-refractivity contribution is 0.583. The van der Waals surface area contributed by atoms with Gasteiger partial charge in [0.15, 0.2) is 9.84 Å². The summed E-state index contributed by atoms with van der Waals surface area (Å²) in [5.74, 6) is 1.22. The standard InChI is InChI=1S/C15H21N3O2S/c1-12(2)15-17-6-7-18(15)8-9-21(19,20)14-5-3-4-13(10-14)11-16/h3-7,10,12H,8-9,11,16H2,1-2H3. The molecule has 6 heteroatoms. The summed E-state index contributed by atoms with van der Waals surface area (Å²) in [6.07, 6.45) is 3.53. The van der Waals surface area contributed by atoms with E-state index in [9.17, 15) is 8.42 Å². The van der Waals surface area contributed by atoms with Crippen LogP contribution in [0.5, 0.6) is 0 Å². The van der Waals surface area contributed by atoms with Crippen molar-refractivity contribution < 1.29 is 8.42 Å². The zero-order chi connectivity index (χ0) is 15.5. The second-order valence-electron chi connectivity index (χ2n) is 5.30. The Morgan fingerprint density at radius 3 is 2.76 bits per heavy atom. The predicted octanol–water partition coefficient (Wildman–Crippen LogP) is 1.94. The largest absolute Gasteiger partial charge is 0.334 e. The number of aromatic nitrogens is 2. The van der Waals surface area contributed by atoms with Gasteiger partial charge in [-0.25, -0.2) is 13.4 Å². The lowest BCUT2D eigenvalue weighted by Gasteiger charge is -2.11. The van der Waals surface area contributed by atoms with Crippen LogP contribution in [0.25, 0.3) is 0 Å².